The van der Waals surface area contributed by atoms with E-state index in [9.17, 15) is 4.79 Å². The minimum absolute atomic E-state index is 0.0837. The molecule has 21 heavy (non-hydrogen) atoms. The maximum absolute atomic E-state index is 11.6. The Kier molecular flexibility index (Phi) is 5.44. The van der Waals surface area contributed by atoms with Crippen molar-refractivity contribution >= 4 is 5.97 Å². The molecule has 5 nitrogen and oxygen atoms in total. The Morgan fingerprint density at radius 1 is 1.33 bits per heavy atom. The third-order valence-corrected chi connectivity index (χ3v) is 3.80. The molecular formula is C16H23NO4. The van der Waals surface area contributed by atoms with Crippen LogP contribution in [0.15, 0.2) is 18.2 Å². The highest BCUT2D eigenvalue weighted by atomic mass is 16.5. The Morgan fingerprint density at radius 2 is 2.05 bits per heavy atom. The lowest BCUT2D eigenvalue weighted by Gasteiger charge is -2.23. The van der Waals surface area contributed by atoms with Gasteiger partial charge in [0.15, 0.2) is 11.5 Å². The molecule has 2 rings (SSSR count). The van der Waals surface area contributed by atoms with E-state index in [1.54, 1.807) is 0 Å². The zero-order valence-corrected chi connectivity index (χ0v) is 12.6. The number of nitrogens with two attached hydrogens (primary N) is 1. The molecule has 2 unspecified atom stereocenters. The monoisotopic (exact) mass is 293 g/mol. The predicted octanol–water partition coefficient (Wildman–Crippen LogP) is 2.23. The highest BCUT2D eigenvalue weighted by Crippen LogP contribution is 2.35. The lowest BCUT2D eigenvalue weighted by Crippen LogP contribution is -2.29. The second-order valence-electron chi connectivity index (χ2n) is 5.22. The van der Waals surface area contributed by atoms with E-state index in [-0.39, 0.29) is 24.3 Å². The van der Waals surface area contributed by atoms with Crippen LogP contribution in [0, 0.1) is 0 Å². The Balaban J connectivity index is 2.26. The fourth-order valence-electron chi connectivity index (χ4n) is 2.47. The van der Waals surface area contributed by atoms with E-state index in [2.05, 4.69) is 0 Å². The first-order chi connectivity index (χ1) is 10.2. The van der Waals surface area contributed by atoms with Gasteiger partial charge in [-0.2, -0.15) is 0 Å². The fraction of sp³-hybridized carbons (Fsp3) is 0.562. The Labute approximate surface area is 125 Å². The number of hydrogen-bond donors (Lipinski definition) is 1. The van der Waals surface area contributed by atoms with Crippen molar-refractivity contribution in [2.45, 2.75) is 38.1 Å². The third kappa shape index (κ3) is 3.88. The van der Waals surface area contributed by atoms with Gasteiger partial charge in [-0.25, -0.2) is 0 Å². The van der Waals surface area contributed by atoms with Crippen molar-refractivity contribution in [2.24, 2.45) is 5.73 Å². The second-order valence-corrected chi connectivity index (χ2v) is 5.22. The molecule has 0 bridgehead atoms. The molecule has 1 heterocycles. The van der Waals surface area contributed by atoms with Crippen molar-refractivity contribution in [3.63, 3.8) is 0 Å². The standard InChI is InChI=1S/C16H23NO4/c1-3-13(17)12(10-16(18)19-2)11-5-6-14-15(9-11)21-8-4-7-20-14/h5-6,9,12-13H,3-4,7-8,10,17H2,1-2H3. The molecule has 0 aliphatic carbocycles. The van der Waals surface area contributed by atoms with E-state index >= 15 is 0 Å². The number of ether oxygens (including phenoxy) is 3. The van der Waals surface area contributed by atoms with Crippen molar-refractivity contribution in [2.75, 3.05) is 20.3 Å². The molecular weight excluding hydrogens is 270 g/mol. The van der Waals surface area contributed by atoms with Crippen molar-refractivity contribution in [3.05, 3.63) is 23.8 Å². The summed E-state index contributed by atoms with van der Waals surface area (Å²) in [5.74, 6) is 1.14. The van der Waals surface area contributed by atoms with E-state index in [1.165, 1.54) is 7.11 Å². The predicted molar refractivity (Wildman–Crippen MR) is 79.7 cm³/mol. The quantitative estimate of drug-likeness (QED) is 0.843. The van der Waals surface area contributed by atoms with Gasteiger partial charge < -0.3 is 19.9 Å². The maximum Gasteiger partial charge on any atom is 0.306 e. The van der Waals surface area contributed by atoms with E-state index in [4.69, 9.17) is 19.9 Å². The van der Waals surface area contributed by atoms with Gasteiger partial charge >= 0.3 is 5.97 Å². The molecule has 1 aliphatic rings. The smallest absolute Gasteiger partial charge is 0.306 e. The molecule has 0 fully saturated rings. The van der Waals surface area contributed by atoms with Crippen LogP contribution in [0.1, 0.15) is 37.7 Å². The van der Waals surface area contributed by atoms with E-state index < -0.39 is 0 Å². The first-order valence-corrected chi connectivity index (χ1v) is 7.37. The van der Waals surface area contributed by atoms with Gasteiger partial charge in [0.05, 0.1) is 26.7 Å². The number of carbonyl (C=O) groups excluding carboxylic acids is 1. The number of rotatable bonds is 5. The number of carbonyl (C=O) groups is 1. The Hall–Kier alpha value is -1.75. The topological polar surface area (TPSA) is 70.8 Å². The van der Waals surface area contributed by atoms with Crippen LogP contribution < -0.4 is 15.2 Å². The minimum Gasteiger partial charge on any atom is -0.490 e. The molecule has 0 amide bonds. The van der Waals surface area contributed by atoms with Crippen molar-refractivity contribution in [1.82, 2.24) is 0 Å². The molecule has 1 aromatic carbocycles. The van der Waals surface area contributed by atoms with Gasteiger partial charge in [0.2, 0.25) is 0 Å². The maximum atomic E-state index is 11.6. The SMILES string of the molecule is CCC(N)C(CC(=O)OC)c1ccc2c(c1)OCCCO2. The molecule has 0 saturated heterocycles. The number of esters is 1. The molecule has 1 aromatic rings. The summed E-state index contributed by atoms with van der Waals surface area (Å²) in [6.07, 6.45) is 1.92. The summed E-state index contributed by atoms with van der Waals surface area (Å²) < 4.78 is 16.1. The second kappa shape index (κ2) is 7.31. The van der Waals surface area contributed by atoms with Gasteiger partial charge in [0.1, 0.15) is 0 Å². The molecule has 116 valence electrons. The fourth-order valence-corrected chi connectivity index (χ4v) is 2.47. The molecule has 5 heteroatoms. The van der Waals surface area contributed by atoms with Crippen LogP contribution >= 0.6 is 0 Å². The highest BCUT2D eigenvalue weighted by molar-refractivity contribution is 5.70. The molecule has 0 spiro atoms. The molecule has 1 aliphatic heterocycles. The van der Waals surface area contributed by atoms with Gasteiger partial charge in [-0.15, -0.1) is 0 Å². The molecule has 0 saturated carbocycles. The first-order valence-electron chi connectivity index (χ1n) is 7.37. The molecule has 0 aromatic heterocycles. The summed E-state index contributed by atoms with van der Waals surface area (Å²) in [6, 6.07) is 5.68. The summed E-state index contributed by atoms with van der Waals surface area (Å²) in [5.41, 5.74) is 7.16. The van der Waals surface area contributed by atoms with E-state index in [0.717, 1.165) is 29.9 Å². The van der Waals surface area contributed by atoms with Crippen molar-refractivity contribution in [1.29, 1.82) is 0 Å². The van der Waals surface area contributed by atoms with Gasteiger partial charge in [0, 0.05) is 18.4 Å². The Bertz CT molecular complexity index is 489. The highest BCUT2D eigenvalue weighted by Gasteiger charge is 2.24. The molecule has 0 radical (unpaired) electrons. The molecule has 2 atom stereocenters. The van der Waals surface area contributed by atoms with Crippen LogP contribution in [0.25, 0.3) is 0 Å². The van der Waals surface area contributed by atoms with Crippen LogP contribution in [-0.4, -0.2) is 32.3 Å². The van der Waals surface area contributed by atoms with Crippen molar-refractivity contribution < 1.29 is 19.0 Å². The normalized spacial score (nSPS) is 16.7. The van der Waals surface area contributed by atoms with Crippen LogP contribution in [0.3, 0.4) is 0 Å². The van der Waals surface area contributed by atoms with Crippen LogP contribution in [0.2, 0.25) is 0 Å². The largest absolute Gasteiger partial charge is 0.490 e. The van der Waals surface area contributed by atoms with Gasteiger partial charge in [-0.05, 0) is 24.1 Å². The lowest BCUT2D eigenvalue weighted by atomic mass is 9.87. The van der Waals surface area contributed by atoms with Crippen LogP contribution in [0.5, 0.6) is 11.5 Å². The average molecular weight is 293 g/mol. The Morgan fingerprint density at radius 3 is 2.71 bits per heavy atom. The summed E-state index contributed by atoms with van der Waals surface area (Å²) in [5, 5.41) is 0. The van der Waals surface area contributed by atoms with Gasteiger partial charge in [-0.1, -0.05) is 13.0 Å². The van der Waals surface area contributed by atoms with E-state index in [1.807, 2.05) is 25.1 Å². The van der Waals surface area contributed by atoms with Crippen LogP contribution in [0.4, 0.5) is 0 Å². The number of hydrogen-bond acceptors (Lipinski definition) is 5. The van der Waals surface area contributed by atoms with Crippen LogP contribution in [-0.2, 0) is 9.53 Å². The summed E-state index contributed by atoms with van der Waals surface area (Å²) in [7, 11) is 1.39. The number of methoxy groups -OCH3 is 1. The lowest BCUT2D eigenvalue weighted by molar-refractivity contribution is -0.141. The summed E-state index contributed by atoms with van der Waals surface area (Å²) in [6.45, 7) is 3.31. The number of benzene rings is 1. The summed E-state index contributed by atoms with van der Waals surface area (Å²) in [4.78, 5) is 11.6. The average Bonchev–Trinajstić information content (AvgIpc) is 2.76. The zero-order chi connectivity index (χ0) is 15.2. The van der Waals surface area contributed by atoms with Gasteiger partial charge in [-0.3, -0.25) is 4.79 Å². The third-order valence-electron chi connectivity index (χ3n) is 3.80. The van der Waals surface area contributed by atoms with E-state index in [0.29, 0.717) is 13.2 Å². The molecule has 2 N–H and O–H groups in total. The van der Waals surface area contributed by atoms with Gasteiger partial charge in [0.25, 0.3) is 0 Å². The number of fused-ring (bicyclic) bond motifs is 1. The zero-order valence-electron chi connectivity index (χ0n) is 12.6. The van der Waals surface area contributed by atoms with Crippen molar-refractivity contribution in [3.8, 4) is 11.5 Å². The summed E-state index contributed by atoms with van der Waals surface area (Å²) >= 11 is 0. The minimum atomic E-state index is -0.254. The first kappa shape index (κ1) is 15.6.